The molecule has 2 aromatic rings. The van der Waals surface area contributed by atoms with Crippen molar-refractivity contribution in [3.8, 4) is 5.75 Å². The second-order valence-corrected chi connectivity index (χ2v) is 5.17. The van der Waals surface area contributed by atoms with E-state index < -0.39 is 17.0 Å². The van der Waals surface area contributed by atoms with Gasteiger partial charge in [-0.15, -0.1) is 11.6 Å². The molecule has 0 bridgehead atoms. The molecule has 1 atom stereocenters. The van der Waals surface area contributed by atoms with Gasteiger partial charge in [-0.25, -0.2) is 8.78 Å². The summed E-state index contributed by atoms with van der Waals surface area (Å²) in [6.07, 6.45) is 0.466. The van der Waals surface area contributed by atoms with Crippen LogP contribution < -0.4 is 4.74 Å². The Labute approximate surface area is 122 Å². The van der Waals surface area contributed by atoms with E-state index in [1.54, 1.807) is 14.0 Å². The van der Waals surface area contributed by atoms with Crippen LogP contribution in [-0.2, 0) is 6.42 Å². The number of hydrogen-bond donors (Lipinski definition) is 0. The van der Waals surface area contributed by atoms with E-state index in [0.29, 0.717) is 17.5 Å². The molecule has 0 aliphatic heterocycles. The van der Waals surface area contributed by atoms with Crippen molar-refractivity contribution in [3.63, 3.8) is 0 Å². The van der Waals surface area contributed by atoms with Crippen LogP contribution >= 0.6 is 11.6 Å². The second kappa shape index (κ2) is 6.23. The van der Waals surface area contributed by atoms with Gasteiger partial charge in [-0.1, -0.05) is 12.1 Å². The molecule has 0 aliphatic carbocycles. The standard InChI is InChI=1S/C16H15ClF2O/c1-10-7-13(16(19)9-15(10)18)14(17)8-11-3-5-12(20-2)6-4-11/h3-7,9,14H,8H2,1-2H3. The molecule has 2 rings (SSSR count). The van der Waals surface area contributed by atoms with Crippen LogP contribution in [0.15, 0.2) is 36.4 Å². The van der Waals surface area contributed by atoms with Crippen molar-refractivity contribution in [2.24, 2.45) is 0 Å². The van der Waals surface area contributed by atoms with E-state index in [4.69, 9.17) is 16.3 Å². The third kappa shape index (κ3) is 3.28. The lowest BCUT2D eigenvalue weighted by Crippen LogP contribution is -2.01. The van der Waals surface area contributed by atoms with Crippen LogP contribution in [0, 0.1) is 18.6 Å². The lowest BCUT2D eigenvalue weighted by molar-refractivity contribution is 0.414. The Balaban J connectivity index is 2.18. The molecular formula is C16H15ClF2O. The van der Waals surface area contributed by atoms with Crippen molar-refractivity contribution in [2.75, 3.05) is 7.11 Å². The van der Waals surface area contributed by atoms with Gasteiger partial charge in [0.1, 0.15) is 17.4 Å². The van der Waals surface area contributed by atoms with Crippen LogP contribution in [-0.4, -0.2) is 7.11 Å². The van der Waals surface area contributed by atoms with Crippen LogP contribution in [0.2, 0.25) is 0 Å². The third-order valence-electron chi connectivity index (χ3n) is 3.19. The minimum absolute atomic E-state index is 0.321. The molecule has 0 N–H and O–H groups in total. The second-order valence-electron chi connectivity index (χ2n) is 4.64. The summed E-state index contributed by atoms with van der Waals surface area (Å²) in [5.74, 6) is -0.412. The SMILES string of the molecule is COc1ccc(CC(Cl)c2cc(C)c(F)cc2F)cc1. The van der Waals surface area contributed by atoms with Crippen LogP contribution in [0.5, 0.6) is 5.75 Å². The first kappa shape index (κ1) is 14.8. The van der Waals surface area contributed by atoms with Gasteiger partial charge in [0.15, 0.2) is 0 Å². The smallest absolute Gasteiger partial charge is 0.130 e. The zero-order valence-electron chi connectivity index (χ0n) is 11.3. The zero-order chi connectivity index (χ0) is 14.7. The highest BCUT2D eigenvalue weighted by atomic mass is 35.5. The first-order valence-electron chi connectivity index (χ1n) is 6.24. The lowest BCUT2D eigenvalue weighted by atomic mass is 10.0. The number of rotatable bonds is 4. The minimum Gasteiger partial charge on any atom is -0.497 e. The van der Waals surface area contributed by atoms with E-state index in [2.05, 4.69) is 0 Å². The number of alkyl halides is 1. The van der Waals surface area contributed by atoms with Crippen molar-refractivity contribution in [1.29, 1.82) is 0 Å². The largest absolute Gasteiger partial charge is 0.497 e. The van der Waals surface area contributed by atoms with E-state index >= 15 is 0 Å². The van der Waals surface area contributed by atoms with E-state index in [1.165, 1.54) is 6.07 Å². The van der Waals surface area contributed by atoms with Crippen molar-refractivity contribution in [3.05, 3.63) is 64.7 Å². The Morgan fingerprint density at radius 2 is 1.75 bits per heavy atom. The summed E-state index contributed by atoms with van der Waals surface area (Å²) in [4.78, 5) is 0. The molecule has 0 amide bonds. The van der Waals surface area contributed by atoms with Crippen LogP contribution in [0.1, 0.15) is 22.1 Å². The van der Waals surface area contributed by atoms with E-state index in [1.807, 2.05) is 24.3 Å². The number of ether oxygens (including phenoxy) is 1. The predicted molar refractivity (Wildman–Crippen MR) is 76.4 cm³/mol. The number of aryl methyl sites for hydroxylation is 1. The maximum absolute atomic E-state index is 13.8. The molecular weight excluding hydrogens is 282 g/mol. The third-order valence-corrected chi connectivity index (χ3v) is 3.58. The molecule has 1 unspecified atom stereocenters. The fraction of sp³-hybridized carbons (Fsp3) is 0.250. The van der Waals surface area contributed by atoms with Crippen LogP contribution in [0.25, 0.3) is 0 Å². The van der Waals surface area contributed by atoms with Gasteiger partial charge in [0.2, 0.25) is 0 Å². The molecule has 0 saturated carbocycles. The highest BCUT2D eigenvalue weighted by Gasteiger charge is 2.16. The zero-order valence-corrected chi connectivity index (χ0v) is 12.0. The monoisotopic (exact) mass is 296 g/mol. The lowest BCUT2D eigenvalue weighted by Gasteiger charge is -2.13. The highest BCUT2D eigenvalue weighted by Crippen LogP contribution is 2.29. The molecule has 0 fully saturated rings. The Kier molecular flexibility index (Phi) is 4.61. The maximum Gasteiger partial charge on any atom is 0.130 e. The highest BCUT2D eigenvalue weighted by molar-refractivity contribution is 6.21. The average Bonchev–Trinajstić information content (AvgIpc) is 2.43. The van der Waals surface area contributed by atoms with E-state index in [0.717, 1.165) is 17.4 Å². The molecule has 4 heteroatoms. The summed E-state index contributed by atoms with van der Waals surface area (Å²) in [6.45, 7) is 1.59. The van der Waals surface area contributed by atoms with Gasteiger partial charge in [0, 0.05) is 11.6 Å². The molecule has 0 aromatic heterocycles. The summed E-state index contributed by atoms with van der Waals surface area (Å²) < 4.78 is 32.1. The molecule has 0 radical (unpaired) electrons. The number of methoxy groups -OCH3 is 1. The predicted octanol–water partition coefficient (Wildman–Crippen LogP) is 4.80. The molecule has 0 spiro atoms. The van der Waals surface area contributed by atoms with Gasteiger partial charge in [-0.05, 0) is 42.7 Å². The Morgan fingerprint density at radius 1 is 1.10 bits per heavy atom. The molecule has 2 aromatic carbocycles. The summed E-state index contributed by atoms with van der Waals surface area (Å²) in [5, 5.41) is -0.539. The van der Waals surface area contributed by atoms with Gasteiger partial charge in [0.05, 0.1) is 12.5 Å². The van der Waals surface area contributed by atoms with E-state index in [-0.39, 0.29) is 0 Å². The normalized spacial score (nSPS) is 12.2. The Hall–Kier alpha value is -1.61. The van der Waals surface area contributed by atoms with Crippen molar-refractivity contribution in [2.45, 2.75) is 18.7 Å². The quantitative estimate of drug-likeness (QED) is 0.736. The molecule has 0 saturated heterocycles. The van der Waals surface area contributed by atoms with Crippen LogP contribution in [0.4, 0.5) is 8.78 Å². The Morgan fingerprint density at radius 3 is 2.35 bits per heavy atom. The van der Waals surface area contributed by atoms with Crippen molar-refractivity contribution < 1.29 is 13.5 Å². The summed E-state index contributed by atoms with van der Waals surface area (Å²) in [5.41, 5.74) is 1.68. The van der Waals surface area contributed by atoms with E-state index in [9.17, 15) is 8.78 Å². The van der Waals surface area contributed by atoms with Gasteiger partial charge in [0.25, 0.3) is 0 Å². The maximum atomic E-state index is 13.8. The van der Waals surface area contributed by atoms with Gasteiger partial charge in [-0.3, -0.25) is 0 Å². The minimum atomic E-state index is -0.610. The number of benzene rings is 2. The topological polar surface area (TPSA) is 9.23 Å². The summed E-state index contributed by atoms with van der Waals surface area (Å²) >= 11 is 6.25. The average molecular weight is 297 g/mol. The number of hydrogen-bond acceptors (Lipinski definition) is 1. The van der Waals surface area contributed by atoms with Gasteiger partial charge < -0.3 is 4.74 Å². The fourth-order valence-corrected chi connectivity index (χ4v) is 2.34. The molecule has 1 nitrogen and oxygen atoms in total. The van der Waals surface area contributed by atoms with Crippen LogP contribution in [0.3, 0.4) is 0 Å². The molecule has 0 heterocycles. The molecule has 106 valence electrons. The number of halogens is 3. The Bertz CT molecular complexity index is 596. The van der Waals surface area contributed by atoms with Gasteiger partial charge >= 0.3 is 0 Å². The fourth-order valence-electron chi connectivity index (χ4n) is 2.00. The van der Waals surface area contributed by atoms with Crippen molar-refractivity contribution in [1.82, 2.24) is 0 Å². The molecule has 0 aliphatic rings. The van der Waals surface area contributed by atoms with Gasteiger partial charge in [-0.2, -0.15) is 0 Å². The first-order valence-corrected chi connectivity index (χ1v) is 6.67. The summed E-state index contributed by atoms with van der Waals surface area (Å²) in [7, 11) is 1.59. The molecule has 20 heavy (non-hydrogen) atoms. The van der Waals surface area contributed by atoms with Crippen molar-refractivity contribution >= 4 is 11.6 Å². The first-order chi connectivity index (χ1) is 9.51. The summed E-state index contributed by atoms with van der Waals surface area (Å²) in [6, 6.07) is 9.75.